The molecular weight excluding hydrogens is 392 g/mol. The van der Waals surface area contributed by atoms with E-state index in [4.69, 9.17) is 5.11 Å². The van der Waals surface area contributed by atoms with Gasteiger partial charge in [0.05, 0.1) is 6.61 Å². The van der Waals surface area contributed by atoms with Crippen molar-refractivity contribution < 1.29 is 15.0 Å². The summed E-state index contributed by atoms with van der Waals surface area (Å²) in [6.07, 6.45) is 1.46. The molecule has 1 heterocycles. The topological polar surface area (TPSA) is 102 Å². The van der Waals surface area contributed by atoms with Gasteiger partial charge in [-0.3, -0.25) is 9.59 Å². The maximum Gasteiger partial charge on any atom is 0.261 e. The Labute approximate surface area is 183 Å². The van der Waals surface area contributed by atoms with Crippen LogP contribution in [0.4, 0.5) is 5.69 Å². The van der Waals surface area contributed by atoms with Gasteiger partial charge in [-0.05, 0) is 34.7 Å². The lowest BCUT2D eigenvalue weighted by molar-refractivity contribution is 0.102. The number of para-hydroxylation sites is 1. The third-order valence-corrected chi connectivity index (χ3v) is 5.29. The van der Waals surface area contributed by atoms with Crippen LogP contribution in [0, 0.1) is 0 Å². The monoisotopic (exact) mass is 424 g/mol. The highest BCUT2D eigenvalue weighted by molar-refractivity contribution is 6.06. The number of pyridine rings is 1. The number of aromatic nitrogens is 1. The number of benzene rings is 2. The summed E-state index contributed by atoms with van der Waals surface area (Å²) in [7, 11) is 1.00. The summed E-state index contributed by atoms with van der Waals surface area (Å²) in [5.74, 6) is -0.448. The lowest BCUT2D eigenvalue weighted by Gasteiger charge is -2.28. The van der Waals surface area contributed by atoms with Crippen molar-refractivity contribution in [3.63, 3.8) is 0 Å². The number of aromatic amines is 1. The molecule has 166 valence electrons. The second-order valence-corrected chi connectivity index (χ2v) is 9.08. The maximum absolute atomic E-state index is 12.9. The van der Waals surface area contributed by atoms with Gasteiger partial charge in [0.25, 0.3) is 5.91 Å². The quantitative estimate of drug-likeness (QED) is 0.509. The van der Waals surface area contributed by atoms with E-state index in [1.807, 2.05) is 38.1 Å². The maximum atomic E-state index is 12.9. The Kier molecular flexibility index (Phi) is 7.41. The summed E-state index contributed by atoms with van der Waals surface area (Å²) in [6.45, 7) is 10.2. The molecule has 2 aromatic carbocycles. The second kappa shape index (κ2) is 9.45. The van der Waals surface area contributed by atoms with Crippen LogP contribution in [-0.4, -0.2) is 34.8 Å². The smallest absolute Gasteiger partial charge is 0.261 e. The Balaban J connectivity index is 0.00000166. The van der Waals surface area contributed by atoms with Crippen molar-refractivity contribution in [2.24, 2.45) is 0 Å². The molecule has 1 amide bonds. The molecule has 0 aliphatic carbocycles. The molecule has 0 saturated carbocycles. The van der Waals surface area contributed by atoms with Gasteiger partial charge in [0.2, 0.25) is 5.43 Å². The van der Waals surface area contributed by atoms with Gasteiger partial charge < -0.3 is 20.5 Å². The predicted octanol–water partition coefficient (Wildman–Crippen LogP) is 3.96. The lowest BCUT2D eigenvalue weighted by Crippen LogP contribution is -2.26. The minimum Gasteiger partial charge on any atom is -0.400 e. The van der Waals surface area contributed by atoms with Gasteiger partial charge in [0.15, 0.2) is 0 Å². The van der Waals surface area contributed by atoms with E-state index < -0.39 is 11.3 Å². The average Bonchev–Trinajstić information content (AvgIpc) is 2.75. The SMILES string of the molecule is CC(C)(C)c1cc(C(C)(C)CO)ccc1NC(=O)c1c[nH]c2ccccc2c1=O.CO. The normalized spacial score (nSPS) is 11.6. The van der Waals surface area contributed by atoms with Crippen LogP contribution in [0.25, 0.3) is 10.9 Å². The van der Waals surface area contributed by atoms with Gasteiger partial charge >= 0.3 is 0 Å². The third kappa shape index (κ3) is 5.21. The van der Waals surface area contributed by atoms with E-state index in [0.29, 0.717) is 16.6 Å². The Morgan fingerprint density at radius 1 is 1.03 bits per heavy atom. The van der Waals surface area contributed by atoms with E-state index in [-0.39, 0.29) is 23.0 Å². The van der Waals surface area contributed by atoms with E-state index in [0.717, 1.165) is 18.2 Å². The molecule has 31 heavy (non-hydrogen) atoms. The lowest BCUT2D eigenvalue weighted by atomic mass is 9.79. The first kappa shape index (κ1) is 24.3. The molecule has 6 nitrogen and oxygen atoms in total. The summed E-state index contributed by atoms with van der Waals surface area (Å²) < 4.78 is 0. The standard InChI is InChI=1S/C24H28N2O3.CH4O/c1-23(2,3)18-12-15(24(4,5)14-27)10-11-20(18)26-22(29)17-13-25-19-9-7-6-8-16(19)21(17)28;1-2/h6-13,27H,14H2,1-5H3,(H,25,28)(H,26,29);2H,1H3. The van der Waals surface area contributed by atoms with E-state index in [2.05, 4.69) is 31.1 Å². The number of carbonyl (C=O) groups excluding carboxylic acids is 1. The minimum atomic E-state index is -0.448. The summed E-state index contributed by atoms with van der Waals surface area (Å²) in [5, 5.41) is 20.1. The number of hydrogen-bond acceptors (Lipinski definition) is 4. The Bertz CT molecular complexity index is 1120. The number of aliphatic hydroxyl groups is 2. The largest absolute Gasteiger partial charge is 0.400 e. The zero-order valence-electron chi connectivity index (χ0n) is 19.0. The molecule has 4 N–H and O–H groups in total. The number of nitrogens with one attached hydrogen (secondary N) is 2. The summed E-state index contributed by atoms with van der Waals surface area (Å²) in [5.41, 5.74) is 2.44. The Hall–Kier alpha value is -2.96. The van der Waals surface area contributed by atoms with Crippen LogP contribution in [0.1, 0.15) is 56.1 Å². The summed E-state index contributed by atoms with van der Waals surface area (Å²) in [4.78, 5) is 28.7. The molecule has 0 spiro atoms. The highest BCUT2D eigenvalue weighted by Gasteiger charge is 2.25. The fraction of sp³-hybridized carbons (Fsp3) is 0.360. The molecule has 0 aliphatic rings. The summed E-state index contributed by atoms with van der Waals surface area (Å²) >= 11 is 0. The molecule has 3 aromatic rings. The van der Waals surface area contributed by atoms with Crippen LogP contribution in [0.15, 0.2) is 53.5 Å². The summed E-state index contributed by atoms with van der Waals surface area (Å²) in [6, 6.07) is 12.9. The van der Waals surface area contributed by atoms with Crippen molar-refractivity contribution in [2.75, 3.05) is 19.0 Å². The molecule has 0 fully saturated rings. The molecule has 0 bridgehead atoms. The zero-order valence-corrected chi connectivity index (χ0v) is 19.0. The number of carbonyl (C=O) groups is 1. The first-order chi connectivity index (χ1) is 14.5. The van der Waals surface area contributed by atoms with E-state index in [1.54, 1.807) is 18.2 Å². The Morgan fingerprint density at radius 3 is 2.29 bits per heavy atom. The van der Waals surface area contributed by atoms with Crippen molar-refractivity contribution in [1.29, 1.82) is 0 Å². The molecule has 0 atom stereocenters. The zero-order chi connectivity index (χ0) is 23.4. The predicted molar refractivity (Wildman–Crippen MR) is 126 cm³/mol. The van der Waals surface area contributed by atoms with Crippen molar-refractivity contribution in [3.8, 4) is 0 Å². The molecule has 1 aromatic heterocycles. The van der Waals surface area contributed by atoms with Crippen LogP contribution in [0.2, 0.25) is 0 Å². The number of rotatable bonds is 4. The fourth-order valence-electron chi connectivity index (χ4n) is 3.31. The fourth-order valence-corrected chi connectivity index (χ4v) is 3.31. The average molecular weight is 425 g/mol. The van der Waals surface area contributed by atoms with Crippen molar-refractivity contribution in [1.82, 2.24) is 4.98 Å². The first-order valence-electron chi connectivity index (χ1n) is 10.2. The molecule has 0 aliphatic heterocycles. The molecular formula is C25H32N2O4. The highest BCUT2D eigenvalue weighted by Crippen LogP contribution is 2.34. The van der Waals surface area contributed by atoms with Crippen LogP contribution in [0.5, 0.6) is 0 Å². The number of fused-ring (bicyclic) bond motifs is 1. The van der Waals surface area contributed by atoms with E-state index in [9.17, 15) is 14.7 Å². The van der Waals surface area contributed by atoms with Crippen LogP contribution < -0.4 is 10.7 Å². The molecule has 3 rings (SSSR count). The third-order valence-electron chi connectivity index (χ3n) is 5.29. The number of H-pyrrole nitrogens is 1. The Morgan fingerprint density at radius 2 is 1.68 bits per heavy atom. The minimum absolute atomic E-state index is 0.0226. The number of anilines is 1. The van der Waals surface area contributed by atoms with Gasteiger partial charge in [-0.25, -0.2) is 0 Å². The van der Waals surface area contributed by atoms with E-state index in [1.165, 1.54) is 6.20 Å². The van der Waals surface area contributed by atoms with Crippen molar-refractivity contribution in [3.05, 3.63) is 75.6 Å². The van der Waals surface area contributed by atoms with Crippen molar-refractivity contribution >= 4 is 22.5 Å². The number of hydrogen-bond donors (Lipinski definition) is 4. The highest BCUT2D eigenvalue weighted by atomic mass is 16.3. The first-order valence-corrected chi connectivity index (χ1v) is 10.2. The number of amides is 1. The molecule has 6 heteroatoms. The van der Waals surface area contributed by atoms with Crippen LogP contribution in [0.3, 0.4) is 0 Å². The second-order valence-electron chi connectivity index (χ2n) is 9.08. The van der Waals surface area contributed by atoms with Crippen LogP contribution >= 0.6 is 0 Å². The van der Waals surface area contributed by atoms with Gasteiger partial charge in [-0.15, -0.1) is 0 Å². The molecule has 0 radical (unpaired) electrons. The molecule has 0 unspecified atom stereocenters. The van der Waals surface area contributed by atoms with Crippen molar-refractivity contribution in [2.45, 2.75) is 45.4 Å². The van der Waals surface area contributed by atoms with E-state index >= 15 is 0 Å². The van der Waals surface area contributed by atoms with Crippen LogP contribution in [-0.2, 0) is 10.8 Å². The molecule has 0 saturated heterocycles. The van der Waals surface area contributed by atoms with Gasteiger partial charge in [0.1, 0.15) is 5.56 Å². The van der Waals surface area contributed by atoms with Gasteiger partial charge in [-0.2, -0.15) is 0 Å². The number of aliphatic hydroxyl groups excluding tert-OH is 2. The van der Waals surface area contributed by atoms with Gasteiger partial charge in [-0.1, -0.05) is 58.9 Å². The van der Waals surface area contributed by atoms with Gasteiger partial charge in [0, 0.05) is 35.3 Å².